The molecule has 0 bridgehead atoms. The molecule has 2 aliphatic rings. The zero-order valence-electron chi connectivity index (χ0n) is 39.3. The number of aryl methyl sites for hydroxylation is 1. The number of nitrogens with two attached hydrogens (primary N) is 3. The fraction of sp³-hybridized carbons (Fsp3) is 0.295. The molecule has 0 atom stereocenters. The first-order valence-corrected chi connectivity index (χ1v) is 29.1. The molecular weight excluding hydrogens is 1840 g/mol. The number of nitrogen functional groups attached to an aromatic ring is 3. The van der Waals surface area contributed by atoms with E-state index in [1.807, 2.05) is 101 Å². The minimum absolute atomic E-state index is 0. The van der Waals surface area contributed by atoms with Crippen LogP contribution in [0.1, 0.15) is 60.5 Å². The average Bonchev–Trinajstić information content (AvgIpc) is 3.56. The van der Waals surface area contributed by atoms with Gasteiger partial charge in [-0.2, -0.15) is 13.8 Å². The smallest absolute Gasteiger partial charge is 0.426 e. The molecule has 2 radical (unpaired) electrons. The molecule has 2 fully saturated rings. The molecule has 2 saturated heterocycles. The molecule has 0 spiro atoms. The Balaban J connectivity index is -0.000000367. The van der Waals surface area contributed by atoms with Gasteiger partial charge in [0, 0.05) is 104 Å². The number of pyridine rings is 3. The van der Waals surface area contributed by atoms with Crippen LogP contribution in [0.5, 0.6) is 0 Å². The Morgan fingerprint density at radius 2 is 1.03 bits per heavy atom. The number of aromatic nitrogens is 3. The molecule has 70 heavy (non-hydrogen) atoms. The molecule has 0 aliphatic carbocycles. The van der Waals surface area contributed by atoms with E-state index in [4.69, 9.17) is 30.9 Å². The van der Waals surface area contributed by atoms with Gasteiger partial charge in [0.25, 0.3) is 0 Å². The summed E-state index contributed by atoms with van der Waals surface area (Å²) in [5.74, 6) is 1.60. The predicted octanol–water partition coefficient (Wildman–Crippen LogP) is 16.6. The van der Waals surface area contributed by atoms with Crippen molar-refractivity contribution in [1.29, 1.82) is 0 Å². The third-order valence-corrected chi connectivity index (χ3v) is 11.5. The number of carbonyl (C=O) groups excluding carboxylic acids is 2. The molecule has 2 amide bonds. The Morgan fingerprint density at radius 3 is 1.43 bits per heavy atom. The SMILES string of the molecule is C.CB1OB(C)OB(C)O1.CC.CC(I)(I)I.C[CH-]I.Cc1c(N)ncc2ccc(Br)cc12.Nc1cc2cc(Br)ccc2cn1.Nc1ncc2ccc(Br)cc2c1I.O=C1CCC(=O)N1I.[CH2-]C.[V].[V]. The van der Waals surface area contributed by atoms with Crippen LogP contribution < -0.4 is 17.2 Å². The van der Waals surface area contributed by atoms with Crippen molar-refractivity contribution >= 4 is 267 Å². The van der Waals surface area contributed by atoms with Crippen LogP contribution in [0.4, 0.5) is 17.5 Å². The van der Waals surface area contributed by atoms with Gasteiger partial charge in [-0.15, -0.1) is 0 Å². The second-order valence-corrected chi connectivity index (χ2v) is 31.7. The van der Waals surface area contributed by atoms with Crippen molar-refractivity contribution < 1.29 is 60.4 Å². The molecule has 26 heteroatoms. The van der Waals surface area contributed by atoms with E-state index >= 15 is 0 Å². The summed E-state index contributed by atoms with van der Waals surface area (Å²) >= 11 is 23.4. The molecule has 3 aromatic heterocycles. The number of hydrogen-bond acceptors (Lipinski definition) is 11. The second kappa shape index (κ2) is 42.5. The Bertz CT molecular complexity index is 2290. The maximum atomic E-state index is 10.5. The molecule has 2 aliphatic heterocycles. The van der Waals surface area contributed by atoms with E-state index in [0.717, 1.165) is 58.0 Å². The van der Waals surface area contributed by atoms with Gasteiger partial charge in [0.15, 0.2) is 0 Å². The number of halogens is 9. The van der Waals surface area contributed by atoms with Gasteiger partial charge in [0.2, 0.25) is 11.8 Å². The van der Waals surface area contributed by atoms with E-state index in [1.165, 1.54) is 0 Å². The summed E-state index contributed by atoms with van der Waals surface area (Å²) in [6, 6.07) is 20.0. The number of benzene rings is 3. The normalized spacial score (nSPS) is 12.0. The molecule has 8 rings (SSSR count). The number of rotatable bonds is 0. The number of carbonyl (C=O) groups is 2. The van der Waals surface area contributed by atoms with Crippen molar-refractivity contribution in [3.8, 4) is 0 Å². The first kappa shape index (κ1) is 78.0. The quantitative estimate of drug-likeness (QED) is 0.0329. The van der Waals surface area contributed by atoms with E-state index in [-0.39, 0.29) is 77.7 Å². The average molecular weight is 1900 g/mol. The maximum Gasteiger partial charge on any atom is 0.426 e. The van der Waals surface area contributed by atoms with Crippen LogP contribution in [0.3, 0.4) is 0 Å². The zero-order chi connectivity index (χ0) is 51.6. The Hall–Kier alpha value is 1.49. The number of imide groups is 1. The molecule has 3 aromatic carbocycles. The van der Waals surface area contributed by atoms with E-state index in [0.29, 0.717) is 29.7 Å². The van der Waals surface area contributed by atoms with Crippen molar-refractivity contribution in [3.63, 3.8) is 0 Å². The fourth-order valence-corrected chi connectivity index (χ4v) is 7.28. The van der Waals surface area contributed by atoms with Gasteiger partial charge in [-0.3, -0.25) is 14.0 Å². The third-order valence-electron chi connectivity index (χ3n) is 7.81. The van der Waals surface area contributed by atoms with Gasteiger partial charge < -0.3 is 60.4 Å². The van der Waals surface area contributed by atoms with Crippen molar-refractivity contribution in [1.82, 2.24) is 18.1 Å². The summed E-state index contributed by atoms with van der Waals surface area (Å²) in [6.07, 6.45) is 6.14. The Kier molecular flexibility index (Phi) is 47.4. The minimum Gasteiger partial charge on any atom is -0.453 e. The largest absolute Gasteiger partial charge is 0.453 e. The van der Waals surface area contributed by atoms with Crippen LogP contribution in [0.15, 0.2) is 92.7 Å². The molecular formula is C44H57B3Br3I6N7O5V2-2. The van der Waals surface area contributed by atoms with Crippen molar-refractivity contribution in [2.45, 2.75) is 81.7 Å². The summed E-state index contributed by atoms with van der Waals surface area (Å²) < 4.78 is 23.0. The number of fused-ring (bicyclic) bond motifs is 3. The van der Waals surface area contributed by atoms with Gasteiger partial charge in [0.05, 0.1) is 26.4 Å². The van der Waals surface area contributed by atoms with Crippen molar-refractivity contribution in [2.24, 2.45) is 0 Å². The van der Waals surface area contributed by atoms with Crippen LogP contribution in [-0.4, -0.2) is 50.7 Å². The van der Waals surface area contributed by atoms with Crippen LogP contribution in [0.25, 0.3) is 32.3 Å². The Morgan fingerprint density at radius 1 is 0.686 bits per heavy atom. The minimum atomic E-state index is -0.135. The molecule has 0 saturated carbocycles. The van der Waals surface area contributed by atoms with E-state index in [1.54, 1.807) is 48.4 Å². The monoisotopic (exact) mass is 1900 g/mol. The molecule has 5 heterocycles. The summed E-state index contributed by atoms with van der Waals surface area (Å²) in [4.78, 5) is 33.2. The summed E-state index contributed by atoms with van der Waals surface area (Å²) in [7, 11) is -0.406. The molecule has 6 N–H and O–H groups in total. The van der Waals surface area contributed by atoms with Crippen LogP contribution in [-0.2, 0) is 60.4 Å². The van der Waals surface area contributed by atoms with Gasteiger partial charge in [-0.1, -0.05) is 155 Å². The number of hydrogen-bond donors (Lipinski definition) is 3. The number of anilines is 3. The Labute approximate surface area is 548 Å². The first-order chi connectivity index (χ1) is 31.4. The second-order valence-electron chi connectivity index (χ2n) is 13.0. The van der Waals surface area contributed by atoms with Gasteiger partial charge >= 0.3 is 21.4 Å². The van der Waals surface area contributed by atoms with Crippen molar-refractivity contribution in [3.05, 3.63) is 113 Å². The molecule has 6 aromatic rings. The van der Waals surface area contributed by atoms with Gasteiger partial charge in [-0.25, -0.2) is 18.1 Å². The van der Waals surface area contributed by atoms with E-state index in [2.05, 4.69) is 202 Å². The zero-order valence-corrected chi connectivity index (χ0v) is 59.8. The number of amides is 2. The fourth-order valence-electron chi connectivity index (χ4n) is 5.09. The molecule has 0 unspecified atom stereocenters. The standard InChI is InChI=1S/C10H9BrN2.C9H6BrIN2.C9H7BrN2.C4H4INO2.C3H9B3O3.C2H3I3.C2H4I.C2H6.C2H5.CH4.2V/c1-6-9-4-8(11)3-2-7(9)5-13-10(6)12;10-6-2-1-5-4-13-9(12)8(11)7(5)3-6;10-8-2-1-6-5-12-9(11)4-7(6)3-8;5-6-3(7)1-2-4(6)8;1-4-7-5(2)9-6(3)8-4;1-2(3,4)5;1-2-3;2*1-2;;;/h2-5H,1H3,(H2,12,13);1-4H,(H2,12,13);1-5H,(H2,11,12);1-2H2;1-3H3;1H3;2H,1H3;1-2H3;1H2,2H3;1H4;;/q;;;;;;-1;;-1;;;. The summed E-state index contributed by atoms with van der Waals surface area (Å²) in [5.41, 5.74) is 18.0. The summed E-state index contributed by atoms with van der Waals surface area (Å²) in [6.45, 7) is 20.7. The molecule has 382 valence electrons. The topological polar surface area (TPSA) is 182 Å². The van der Waals surface area contributed by atoms with Crippen LogP contribution in [0, 0.1) is 21.8 Å². The number of nitrogens with zero attached hydrogens (tertiary/aromatic N) is 4. The van der Waals surface area contributed by atoms with Gasteiger partial charge in [0.1, 0.15) is 16.9 Å². The first-order valence-electron chi connectivity index (χ1n) is 20.2. The van der Waals surface area contributed by atoms with Gasteiger partial charge in [-0.05, 0) is 116 Å². The predicted molar refractivity (Wildman–Crippen MR) is 356 cm³/mol. The summed E-state index contributed by atoms with van der Waals surface area (Å²) in [5, 5.41) is 6.74. The molecule has 12 nitrogen and oxygen atoms in total. The number of alkyl halides is 3. The van der Waals surface area contributed by atoms with Crippen LogP contribution >= 0.6 is 184 Å². The maximum absolute atomic E-state index is 10.5. The van der Waals surface area contributed by atoms with Crippen molar-refractivity contribution in [2.75, 3.05) is 17.2 Å². The third kappa shape index (κ3) is 32.3. The van der Waals surface area contributed by atoms with Crippen LogP contribution in [0.2, 0.25) is 20.5 Å². The van der Waals surface area contributed by atoms with E-state index in [9.17, 15) is 9.59 Å². The van der Waals surface area contributed by atoms with E-state index < -0.39 is 0 Å².